The van der Waals surface area contributed by atoms with Crippen LogP contribution in [0.1, 0.15) is 61.8 Å². The molecule has 0 aliphatic carbocycles. The van der Waals surface area contributed by atoms with Gasteiger partial charge in [0.2, 0.25) is 5.91 Å². The van der Waals surface area contributed by atoms with E-state index in [4.69, 9.17) is 14.7 Å². The Kier molecular flexibility index (Phi) is 10.7. The van der Waals surface area contributed by atoms with E-state index in [0.717, 1.165) is 37.4 Å². The van der Waals surface area contributed by atoms with E-state index in [0.29, 0.717) is 12.3 Å². The van der Waals surface area contributed by atoms with Crippen LogP contribution in [-0.2, 0) is 14.3 Å². The number of hydrogen-bond acceptors (Lipinski definition) is 5. The van der Waals surface area contributed by atoms with Crippen LogP contribution in [0.2, 0.25) is 0 Å². The van der Waals surface area contributed by atoms with Gasteiger partial charge >= 0.3 is 0 Å². The SMILES string of the molecule is COCCN1CCCC(c2ccc([C@H](O[C@@H](CC(C)C)C(=O)NCC#N)c3ccccc3)cc2)C1. The number of likely N-dealkylation sites (tertiary alicyclic amines) is 1. The van der Waals surface area contributed by atoms with Crippen LogP contribution in [-0.4, -0.2) is 56.8 Å². The number of rotatable bonds is 12. The molecule has 0 radical (unpaired) electrons. The van der Waals surface area contributed by atoms with Crippen LogP contribution in [0.5, 0.6) is 0 Å². The summed E-state index contributed by atoms with van der Waals surface area (Å²) in [6.07, 6.45) is 1.96. The van der Waals surface area contributed by atoms with Gasteiger partial charge in [0, 0.05) is 20.2 Å². The number of nitrogens with one attached hydrogen (secondary N) is 1. The Balaban J connectivity index is 1.81. The van der Waals surface area contributed by atoms with Crippen LogP contribution in [0.25, 0.3) is 0 Å². The van der Waals surface area contributed by atoms with Crippen molar-refractivity contribution in [3.63, 3.8) is 0 Å². The van der Waals surface area contributed by atoms with E-state index >= 15 is 0 Å². The highest BCUT2D eigenvalue weighted by Gasteiger charge is 2.27. The zero-order valence-corrected chi connectivity index (χ0v) is 21.3. The number of ether oxygens (including phenoxy) is 2. The average Bonchev–Trinajstić information content (AvgIpc) is 2.89. The van der Waals surface area contributed by atoms with Crippen LogP contribution < -0.4 is 5.32 Å². The number of nitriles is 1. The van der Waals surface area contributed by atoms with Crippen LogP contribution in [0.3, 0.4) is 0 Å². The summed E-state index contributed by atoms with van der Waals surface area (Å²) in [7, 11) is 1.75. The van der Waals surface area contributed by atoms with Crippen molar-refractivity contribution in [3.8, 4) is 6.07 Å². The second-order valence-corrected chi connectivity index (χ2v) is 9.72. The lowest BCUT2D eigenvalue weighted by atomic mass is 9.89. The zero-order chi connectivity index (χ0) is 25.0. The minimum absolute atomic E-state index is 0.0235. The van der Waals surface area contributed by atoms with Gasteiger partial charge in [-0.05, 0) is 54.3 Å². The second-order valence-electron chi connectivity index (χ2n) is 9.72. The molecule has 6 heteroatoms. The minimum atomic E-state index is -0.638. The Morgan fingerprint density at radius 1 is 1.14 bits per heavy atom. The second kappa shape index (κ2) is 14.0. The fraction of sp³-hybridized carbons (Fsp3) is 0.517. The molecular formula is C29H39N3O3. The van der Waals surface area contributed by atoms with Crippen molar-refractivity contribution in [2.45, 2.75) is 51.2 Å². The van der Waals surface area contributed by atoms with Gasteiger partial charge in [-0.2, -0.15) is 5.26 Å². The van der Waals surface area contributed by atoms with Crippen LogP contribution >= 0.6 is 0 Å². The Morgan fingerprint density at radius 3 is 2.51 bits per heavy atom. The molecule has 1 heterocycles. The first-order chi connectivity index (χ1) is 17.0. The molecule has 1 saturated heterocycles. The lowest BCUT2D eigenvalue weighted by molar-refractivity contribution is -0.136. The summed E-state index contributed by atoms with van der Waals surface area (Å²) in [5.41, 5.74) is 3.37. The van der Waals surface area contributed by atoms with Crippen molar-refractivity contribution < 1.29 is 14.3 Å². The van der Waals surface area contributed by atoms with Gasteiger partial charge < -0.3 is 19.7 Å². The third-order valence-corrected chi connectivity index (χ3v) is 6.55. The summed E-state index contributed by atoms with van der Waals surface area (Å²) < 4.78 is 11.8. The lowest BCUT2D eigenvalue weighted by Crippen LogP contribution is -2.38. The topological polar surface area (TPSA) is 74.6 Å². The number of carbonyl (C=O) groups is 1. The summed E-state index contributed by atoms with van der Waals surface area (Å²) in [5, 5.41) is 11.6. The number of piperidine rings is 1. The molecule has 0 spiro atoms. The first kappa shape index (κ1) is 26.9. The average molecular weight is 478 g/mol. The molecule has 188 valence electrons. The number of methoxy groups -OCH3 is 1. The highest BCUT2D eigenvalue weighted by molar-refractivity contribution is 5.81. The van der Waals surface area contributed by atoms with Crippen molar-refractivity contribution in [1.82, 2.24) is 10.2 Å². The number of nitrogens with zero attached hydrogens (tertiary/aromatic N) is 2. The quantitative estimate of drug-likeness (QED) is 0.450. The fourth-order valence-corrected chi connectivity index (χ4v) is 4.73. The summed E-state index contributed by atoms with van der Waals surface area (Å²) in [6.45, 7) is 8.04. The van der Waals surface area contributed by atoms with E-state index < -0.39 is 6.10 Å². The van der Waals surface area contributed by atoms with E-state index in [-0.39, 0.29) is 24.5 Å². The van der Waals surface area contributed by atoms with Crippen molar-refractivity contribution in [1.29, 1.82) is 5.26 Å². The van der Waals surface area contributed by atoms with Gasteiger partial charge in [-0.15, -0.1) is 0 Å². The van der Waals surface area contributed by atoms with Gasteiger partial charge in [0.05, 0.1) is 12.7 Å². The van der Waals surface area contributed by atoms with Gasteiger partial charge in [0.25, 0.3) is 0 Å². The van der Waals surface area contributed by atoms with Crippen LogP contribution in [0, 0.1) is 17.2 Å². The molecule has 1 amide bonds. The molecule has 0 saturated carbocycles. The van der Waals surface area contributed by atoms with Crippen molar-refractivity contribution in [3.05, 3.63) is 71.3 Å². The third-order valence-electron chi connectivity index (χ3n) is 6.55. The number of amides is 1. The Bertz CT molecular complexity index is 940. The third kappa shape index (κ3) is 8.17. The van der Waals surface area contributed by atoms with Crippen molar-refractivity contribution >= 4 is 5.91 Å². The first-order valence-corrected chi connectivity index (χ1v) is 12.7. The van der Waals surface area contributed by atoms with Gasteiger partial charge in [0.15, 0.2) is 0 Å². The van der Waals surface area contributed by atoms with Gasteiger partial charge in [-0.25, -0.2) is 0 Å². The highest BCUT2D eigenvalue weighted by Crippen LogP contribution is 2.32. The Hall–Kier alpha value is -2.72. The molecule has 2 aromatic rings. The summed E-state index contributed by atoms with van der Waals surface area (Å²) >= 11 is 0. The smallest absolute Gasteiger partial charge is 0.250 e. The molecule has 0 aromatic heterocycles. The molecule has 6 nitrogen and oxygen atoms in total. The summed E-state index contributed by atoms with van der Waals surface area (Å²) in [6, 6.07) is 20.7. The molecule has 1 N–H and O–H groups in total. The van der Waals surface area contributed by atoms with E-state index in [1.807, 2.05) is 36.4 Å². The maximum atomic E-state index is 12.8. The van der Waals surface area contributed by atoms with Gasteiger partial charge in [-0.1, -0.05) is 68.4 Å². The lowest BCUT2D eigenvalue weighted by Gasteiger charge is -2.33. The minimum Gasteiger partial charge on any atom is -0.383 e. The molecule has 1 fully saturated rings. The van der Waals surface area contributed by atoms with Crippen molar-refractivity contribution in [2.24, 2.45) is 5.92 Å². The predicted molar refractivity (Wildman–Crippen MR) is 138 cm³/mol. The normalized spacial score (nSPS) is 18.1. The molecule has 2 aromatic carbocycles. The Labute approximate surface area is 210 Å². The maximum absolute atomic E-state index is 12.8. The number of benzene rings is 2. The summed E-state index contributed by atoms with van der Waals surface area (Å²) in [5.74, 6) is 0.548. The molecule has 3 rings (SSSR count). The first-order valence-electron chi connectivity index (χ1n) is 12.7. The van der Waals surface area contributed by atoms with E-state index in [1.165, 1.54) is 18.4 Å². The monoisotopic (exact) mass is 477 g/mol. The van der Waals surface area contributed by atoms with E-state index in [9.17, 15) is 4.79 Å². The molecule has 0 bridgehead atoms. The molecule has 1 aliphatic rings. The standard InChI is InChI=1S/C29H39N3O3/c1-22(2)20-27(29(33)31-16-15-30)35-28(24-8-5-4-6-9-24)25-13-11-23(12-14-25)26-10-7-17-32(21-26)18-19-34-3/h4-6,8-9,11-14,22,26-28H,7,10,16-21H2,1-3H3,(H,31,33)/t26?,27-,28+/m0/s1. The molecule has 1 unspecified atom stereocenters. The fourth-order valence-electron chi connectivity index (χ4n) is 4.73. The van der Waals surface area contributed by atoms with Crippen LogP contribution in [0.4, 0.5) is 0 Å². The largest absolute Gasteiger partial charge is 0.383 e. The van der Waals surface area contributed by atoms with Crippen LogP contribution in [0.15, 0.2) is 54.6 Å². The Morgan fingerprint density at radius 2 is 1.86 bits per heavy atom. The highest BCUT2D eigenvalue weighted by atomic mass is 16.5. The zero-order valence-electron chi connectivity index (χ0n) is 21.3. The van der Waals surface area contributed by atoms with E-state index in [1.54, 1.807) is 7.11 Å². The maximum Gasteiger partial charge on any atom is 0.250 e. The summed E-state index contributed by atoms with van der Waals surface area (Å²) in [4.78, 5) is 15.3. The number of carbonyl (C=O) groups excluding carboxylic acids is 1. The predicted octanol–water partition coefficient (Wildman–Crippen LogP) is 4.67. The molecule has 3 atom stereocenters. The van der Waals surface area contributed by atoms with Crippen molar-refractivity contribution in [2.75, 3.05) is 39.9 Å². The van der Waals surface area contributed by atoms with Gasteiger partial charge in [0.1, 0.15) is 18.8 Å². The molecular weight excluding hydrogens is 438 g/mol. The molecule has 1 aliphatic heterocycles. The van der Waals surface area contributed by atoms with E-state index in [2.05, 4.69) is 48.3 Å². The van der Waals surface area contributed by atoms with Gasteiger partial charge in [-0.3, -0.25) is 4.79 Å². The molecule has 35 heavy (non-hydrogen) atoms. The number of hydrogen-bond donors (Lipinski definition) is 1.